The Hall–Kier alpha value is -2.75. The molecule has 12 nitrogen and oxygen atoms in total. The number of alkyl halides is 3. The number of hydrogen-bond donors (Lipinski definition) is 3. The third-order valence-corrected chi connectivity index (χ3v) is 8.86. The molecule has 0 spiro atoms. The van der Waals surface area contributed by atoms with Crippen molar-refractivity contribution in [2.45, 2.75) is 62.3 Å². The zero-order valence-corrected chi connectivity index (χ0v) is 24.6. The number of H-pyrrole nitrogens is 1. The molecule has 0 radical (unpaired) electrons. The number of esters is 1. The first-order valence-corrected chi connectivity index (χ1v) is 15.2. The Morgan fingerprint density at radius 1 is 1.29 bits per heavy atom. The van der Waals surface area contributed by atoms with E-state index in [-0.39, 0.29) is 30.6 Å². The maximum absolute atomic E-state index is 14.0. The molecule has 2 aromatic rings. The normalized spacial score (nSPS) is 23.6. The van der Waals surface area contributed by atoms with E-state index < -0.39 is 67.3 Å². The molecule has 1 saturated heterocycles. The van der Waals surface area contributed by atoms with Crippen molar-refractivity contribution in [3.63, 3.8) is 0 Å². The van der Waals surface area contributed by atoms with E-state index in [1.807, 2.05) is 0 Å². The molecule has 1 aliphatic carbocycles. The number of rotatable bonds is 10. The highest BCUT2D eigenvalue weighted by Crippen LogP contribution is 2.50. The van der Waals surface area contributed by atoms with Gasteiger partial charge in [-0.15, -0.1) is 0 Å². The van der Waals surface area contributed by atoms with Gasteiger partial charge in [-0.2, -0.15) is 18.3 Å². The van der Waals surface area contributed by atoms with Crippen molar-refractivity contribution in [2.24, 2.45) is 0 Å². The van der Waals surface area contributed by atoms with Crippen LogP contribution in [0, 0.1) is 0 Å². The number of methoxy groups -OCH3 is 1. The summed E-state index contributed by atoms with van der Waals surface area (Å²) >= 11 is 3.06. The Labute approximate surface area is 245 Å². The number of halogens is 4. The van der Waals surface area contributed by atoms with Crippen LogP contribution in [0.4, 0.5) is 13.2 Å². The van der Waals surface area contributed by atoms with Gasteiger partial charge >= 0.3 is 25.6 Å². The van der Waals surface area contributed by atoms with Crippen molar-refractivity contribution in [1.29, 1.82) is 0 Å². The molecule has 2 unspecified atom stereocenters. The van der Waals surface area contributed by atoms with Gasteiger partial charge in [0.05, 0.1) is 30.9 Å². The second-order valence-electron chi connectivity index (χ2n) is 9.78. The fourth-order valence-electron chi connectivity index (χ4n) is 4.83. The Balaban J connectivity index is 1.56. The van der Waals surface area contributed by atoms with Gasteiger partial charge in [0.1, 0.15) is 23.6 Å². The summed E-state index contributed by atoms with van der Waals surface area (Å²) in [4.78, 5) is 40.7. The number of aliphatic hydroxyl groups is 1. The standard InChI is InChI=1S/C25H28BrF3N3O9P/c1-38-22(35)24(9-2-3-10-24)31-42(37,41-17-6-4-16(5-7-17)25(27,28)29)39-14-19-18(33)12-20(40-19)32-13-15(8-11-26)21(34)30-23(32)36/h4-8,11,13,18-20,33H,2-3,9-10,12,14H2,1H3,(H,31,37)(H,30,34,36)/b11-8+/t18?,19-,20-,42?/m1/s1. The SMILES string of the molecule is COC(=O)C1(NP(=O)(OC[C@H]2O[C@@H](n3cc(/C=C/Br)c(=O)[nH]c3=O)CC2O)Oc2ccc(C(F)(F)F)cc2)CCCC1. The number of nitrogens with one attached hydrogen (secondary N) is 2. The Morgan fingerprint density at radius 2 is 1.95 bits per heavy atom. The molecule has 4 atom stereocenters. The van der Waals surface area contributed by atoms with Crippen molar-refractivity contribution in [3.8, 4) is 5.75 Å². The monoisotopic (exact) mass is 681 g/mol. The Bertz CT molecular complexity index is 1470. The van der Waals surface area contributed by atoms with Crippen LogP contribution in [0.2, 0.25) is 0 Å². The summed E-state index contributed by atoms with van der Waals surface area (Å²) in [6.07, 6.45) is -3.80. The first-order chi connectivity index (χ1) is 19.8. The average molecular weight is 682 g/mol. The van der Waals surface area contributed by atoms with Crippen LogP contribution in [0.25, 0.3) is 6.08 Å². The highest BCUT2D eigenvalue weighted by atomic mass is 79.9. The molecule has 2 heterocycles. The Morgan fingerprint density at radius 3 is 2.55 bits per heavy atom. The summed E-state index contributed by atoms with van der Waals surface area (Å²) in [5, 5.41) is 13.3. The summed E-state index contributed by atoms with van der Waals surface area (Å²) in [5.41, 5.74) is -3.70. The van der Waals surface area contributed by atoms with Crippen LogP contribution in [0.1, 0.15) is 49.5 Å². The van der Waals surface area contributed by atoms with Crippen LogP contribution in [0.3, 0.4) is 0 Å². The van der Waals surface area contributed by atoms with Crippen LogP contribution in [0.15, 0.2) is 45.0 Å². The Kier molecular flexibility index (Phi) is 9.85. The number of hydrogen-bond acceptors (Lipinski definition) is 9. The molecule has 0 amide bonds. The second kappa shape index (κ2) is 12.9. The fraction of sp³-hybridized carbons (Fsp3) is 0.480. The van der Waals surface area contributed by atoms with Crippen LogP contribution in [-0.2, 0) is 29.5 Å². The van der Waals surface area contributed by atoms with E-state index in [2.05, 4.69) is 26.0 Å². The molecule has 42 heavy (non-hydrogen) atoms. The first kappa shape index (κ1) is 32.2. The van der Waals surface area contributed by atoms with Crippen LogP contribution in [0.5, 0.6) is 5.75 Å². The second-order valence-corrected chi connectivity index (χ2v) is 12.0. The smallest absolute Gasteiger partial charge is 0.459 e. The van der Waals surface area contributed by atoms with Gasteiger partial charge in [-0.05, 0) is 48.2 Å². The lowest BCUT2D eigenvalue weighted by atomic mass is 10.00. The molecular formula is C25H28BrF3N3O9P. The van der Waals surface area contributed by atoms with Crippen LogP contribution >= 0.6 is 23.7 Å². The lowest BCUT2D eigenvalue weighted by Crippen LogP contribution is -2.50. The number of aromatic nitrogens is 2. The predicted octanol–water partition coefficient (Wildman–Crippen LogP) is 3.85. The van der Waals surface area contributed by atoms with E-state index in [0.29, 0.717) is 12.8 Å². The van der Waals surface area contributed by atoms with Gasteiger partial charge in [-0.3, -0.25) is 23.7 Å². The number of carbonyl (C=O) groups excluding carboxylic acids is 1. The lowest BCUT2D eigenvalue weighted by Gasteiger charge is -2.32. The minimum Gasteiger partial charge on any atom is -0.468 e. The van der Waals surface area contributed by atoms with Crippen LogP contribution < -0.4 is 20.9 Å². The van der Waals surface area contributed by atoms with Crippen LogP contribution in [-0.4, -0.2) is 52.1 Å². The van der Waals surface area contributed by atoms with E-state index in [4.69, 9.17) is 18.5 Å². The molecular weight excluding hydrogens is 654 g/mol. The van der Waals surface area contributed by atoms with Crippen molar-refractivity contribution in [3.05, 3.63) is 67.4 Å². The zero-order valence-electron chi connectivity index (χ0n) is 22.1. The quantitative estimate of drug-likeness (QED) is 0.248. The van der Waals surface area contributed by atoms with Gasteiger partial charge in [0, 0.05) is 12.6 Å². The number of benzene rings is 1. The van der Waals surface area contributed by atoms with E-state index >= 15 is 0 Å². The highest BCUT2D eigenvalue weighted by molar-refractivity contribution is 9.11. The number of ether oxygens (including phenoxy) is 2. The maximum Gasteiger partial charge on any atom is 0.459 e. The van der Waals surface area contributed by atoms with Crippen molar-refractivity contribution < 1.29 is 46.2 Å². The molecule has 1 aromatic carbocycles. The molecule has 1 saturated carbocycles. The van der Waals surface area contributed by atoms with Crippen molar-refractivity contribution >= 4 is 35.7 Å². The molecule has 1 aliphatic heterocycles. The topological polar surface area (TPSA) is 158 Å². The van der Waals surface area contributed by atoms with E-state index in [1.54, 1.807) is 0 Å². The summed E-state index contributed by atoms with van der Waals surface area (Å²) in [6.45, 7) is -0.563. The molecule has 1 aromatic heterocycles. The fourth-order valence-corrected chi connectivity index (χ4v) is 6.86. The molecule has 3 N–H and O–H groups in total. The van der Waals surface area contributed by atoms with Gasteiger partial charge in [0.2, 0.25) is 0 Å². The zero-order chi connectivity index (χ0) is 30.7. The largest absolute Gasteiger partial charge is 0.468 e. The van der Waals surface area contributed by atoms with Gasteiger partial charge in [-0.25, -0.2) is 9.36 Å². The highest BCUT2D eigenvalue weighted by Gasteiger charge is 2.49. The first-order valence-electron chi connectivity index (χ1n) is 12.7. The van der Waals surface area contributed by atoms with Gasteiger partial charge in [0.15, 0.2) is 0 Å². The molecule has 0 bridgehead atoms. The minimum absolute atomic E-state index is 0.0962. The molecule has 17 heteroatoms. The van der Waals surface area contributed by atoms with Crippen molar-refractivity contribution in [2.75, 3.05) is 13.7 Å². The van der Waals surface area contributed by atoms with E-state index in [9.17, 15) is 37.2 Å². The summed E-state index contributed by atoms with van der Waals surface area (Å²) in [5.74, 6) is -0.961. The number of aliphatic hydroxyl groups excluding tert-OH is 1. The number of nitrogens with zero attached hydrogens (tertiary/aromatic N) is 1. The molecule has 2 aliphatic rings. The van der Waals surface area contributed by atoms with Gasteiger partial charge < -0.3 is 19.1 Å². The van der Waals surface area contributed by atoms with E-state index in [0.717, 1.165) is 35.9 Å². The number of carbonyl (C=O) groups is 1. The average Bonchev–Trinajstić information content (AvgIpc) is 3.55. The third-order valence-electron chi connectivity index (χ3n) is 6.95. The van der Waals surface area contributed by atoms with Crippen molar-refractivity contribution in [1.82, 2.24) is 14.6 Å². The van der Waals surface area contributed by atoms with Gasteiger partial charge in [-0.1, -0.05) is 28.8 Å². The summed E-state index contributed by atoms with van der Waals surface area (Å²) < 4.78 is 76.0. The maximum atomic E-state index is 14.0. The van der Waals surface area contributed by atoms with E-state index in [1.165, 1.54) is 17.3 Å². The van der Waals surface area contributed by atoms with Gasteiger partial charge in [0.25, 0.3) is 5.56 Å². The molecule has 4 rings (SSSR count). The molecule has 230 valence electrons. The minimum atomic E-state index is -4.61. The predicted molar refractivity (Wildman–Crippen MR) is 146 cm³/mol. The third kappa shape index (κ3) is 7.24. The summed E-state index contributed by atoms with van der Waals surface area (Å²) in [7, 11) is -3.38. The summed E-state index contributed by atoms with van der Waals surface area (Å²) in [6, 6.07) is 3.39. The lowest BCUT2D eigenvalue weighted by molar-refractivity contribution is -0.147. The number of aromatic amines is 1. The molecule has 2 fully saturated rings.